The van der Waals surface area contributed by atoms with Crippen LogP contribution in [0.1, 0.15) is 17.8 Å². The average molecular weight is 308 g/mol. The molecule has 112 valence electrons. The highest BCUT2D eigenvalue weighted by Gasteiger charge is 2.66. The van der Waals surface area contributed by atoms with Crippen molar-refractivity contribution in [3.8, 4) is 0 Å². The zero-order chi connectivity index (χ0) is 15.4. The molecule has 0 radical (unpaired) electrons. The standard InChI is InChI=1S/C14H16N2O4S/c1-14(13(19)20-3)9-8(11(17)16(2)12(9)18)10(15-14)7-5-4-6-21-7/h4-6,8-10,15H,1-3H3/t8-,9+,10-,14-/m0/s1. The van der Waals surface area contributed by atoms with Crippen LogP contribution in [0.25, 0.3) is 0 Å². The third kappa shape index (κ3) is 1.77. The number of methoxy groups -OCH3 is 1. The number of carbonyl (C=O) groups excluding carboxylic acids is 3. The van der Waals surface area contributed by atoms with Gasteiger partial charge in [0.05, 0.1) is 25.0 Å². The summed E-state index contributed by atoms with van der Waals surface area (Å²) in [6, 6.07) is 3.44. The Kier molecular flexibility index (Phi) is 3.14. The Morgan fingerprint density at radius 1 is 1.43 bits per heavy atom. The van der Waals surface area contributed by atoms with Crippen LogP contribution < -0.4 is 5.32 Å². The summed E-state index contributed by atoms with van der Waals surface area (Å²) < 4.78 is 4.85. The van der Waals surface area contributed by atoms with Crippen molar-refractivity contribution in [2.24, 2.45) is 11.8 Å². The van der Waals surface area contributed by atoms with Crippen LogP contribution in [0.5, 0.6) is 0 Å². The van der Waals surface area contributed by atoms with Crippen LogP contribution in [0.4, 0.5) is 0 Å². The minimum absolute atomic E-state index is 0.247. The van der Waals surface area contributed by atoms with Crippen molar-refractivity contribution >= 4 is 29.1 Å². The number of carbonyl (C=O) groups is 3. The highest BCUT2D eigenvalue weighted by molar-refractivity contribution is 7.10. The van der Waals surface area contributed by atoms with Crippen molar-refractivity contribution in [2.75, 3.05) is 14.2 Å². The maximum Gasteiger partial charge on any atom is 0.326 e. The van der Waals surface area contributed by atoms with Gasteiger partial charge >= 0.3 is 5.97 Å². The Hall–Kier alpha value is -1.73. The third-order valence-electron chi connectivity index (χ3n) is 4.47. The lowest BCUT2D eigenvalue weighted by molar-refractivity contribution is -0.152. The fourth-order valence-electron chi connectivity index (χ4n) is 3.39. The lowest BCUT2D eigenvalue weighted by Crippen LogP contribution is -2.53. The minimum Gasteiger partial charge on any atom is -0.468 e. The van der Waals surface area contributed by atoms with Gasteiger partial charge in [-0.2, -0.15) is 0 Å². The molecule has 4 atom stereocenters. The van der Waals surface area contributed by atoms with E-state index in [1.165, 1.54) is 25.5 Å². The molecular formula is C14H16N2O4S. The van der Waals surface area contributed by atoms with E-state index in [9.17, 15) is 14.4 Å². The van der Waals surface area contributed by atoms with E-state index in [4.69, 9.17) is 4.74 Å². The summed E-state index contributed by atoms with van der Waals surface area (Å²) >= 11 is 1.50. The van der Waals surface area contributed by atoms with Gasteiger partial charge in [0.25, 0.3) is 0 Å². The molecule has 0 aliphatic carbocycles. The second kappa shape index (κ2) is 4.64. The molecule has 0 spiro atoms. The maximum atomic E-state index is 12.4. The second-order valence-electron chi connectivity index (χ2n) is 5.57. The van der Waals surface area contributed by atoms with E-state index in [0.717, 1.165) is 9.78 Å². The minimum atomic E-state index is -1.19. The first-order valence-corrected chi connectivity index (χ1v) is 7.50. The van der Waals surface area contributed by atoms with Crippen LogP contribution >= 0.6 is 11.3 Å². The molecule has 1 aromatic rings. The highest BCUT2D eigenvalue weighted by atomic mass is 32.1. The average Bonchev–Trinajstić information content (AvgIpc) is 3.14. The largest absolute Gasteiger partial charge is 0.468 e. The van der Waals surface area contributed by atoms with E-state index in [2.05, 4.69) is 5.32 Å². The quantitative estimate of drug-likeness (QED) is 0.638. The van der Waals surface area contributed by atoms with Crippen LogP contribution in [0.3, 0.4) is 0 Å². The fraction of sp³-hybridized carbons (Fsp3) is 0.500. The smallest absolute Gasteiger partial charge is 0.326 e. The molecule has 0 saturated carbocycles. The van der Waals surface area contributed by atoms with Gasteiger partial charge in [0.15, 0.2) is 0 Å². The number of amides is 2. The van der Waals surface area contributed by atoms with Crippen molar-refractivity contribution in [2.45, 2.75) is 18.5 Å². The van der Waals surface area contributed by atoms with Gasteiger partial charge in [-0.1, -0.05) is 6.07 Å². The summed E-state index contributed by atoms with van der Waals surface area (Å²) in [6.07, 6.45) is 0. The second-order valence-corrected chi connectivity index (χ2v) is 6.55. The number of likely N-dealkylation sites (tertiary alicyclic amines) is 1. The van der Waals surface area contributed by atoms with Crippen molar-refractivity contribution in [3.05, 3.63) is 22.4 Å². The van der Waals surface area contributed by atoms with Crippen molar-refractivity contribution in [1.29, 1.82) is 0 Å². The molecule has 0 aromatic carbocycles. The molecule has 1 N–H and O–H groups in total. The molecule has 0 bridgehead atoms. The monoisotopic (exact) mass is 308 g/mol. The van der Waals surface area contributed by atoms with E-state index in [1.54, 1.807) is 6.92 Å². The topological polar surface area (TPSA) is 75.7 Å². The highest BCUT2D eigenvalue weighted by Crippen LogP contribution is 2.49. The number of hydrogen-bond acceptors (Lipinski definition) is 6. The lowest BCUT2D eigenvalue weighted by Gasteiger charge is -2.27. The Balaban J connectivity index is 2.10. The van der Waals surface area contributed by atoms with Crippen LogP contribution in [0.2, 0.25) is 0 Å². The first-order chi connectivity index (χ1) is 9.91. The molecular weight excluding hydrogens is 292 g/mol. The molecule has 3 heterocycles. The molecule has 7 heteroatoms. The van der Waals surface area contributed by atoms with Gasteiger partial charge in [0.2, 0.25) is 11.8 Å². The van der Waals surface area contributed by atoms with E-state index in [1.807, 2.05) is 17.5 Å². The van der Waals surface area contributed by atoms with E-state index >= 15 is 0 Å². The number of hydrogen-bond donors (Lipinski definition) is 1. The normalized spacial score (nSPS) is 35.2. The van der Waals surface area contributed by atoms with Gasteiger partial charge in [-0.3, -0.25) is 24.6 Å². The number of esters is 1. The Bertz CT molecular complexity index is 615. The van der Waals surface area contributed by atoms with Gasteiger partial charge in [-0.25, -0.2) is 0 Å². The van der Waals surface area contributed by atoms with Gasteiger partial charge < -0.3 is 4.74 Å². The summed E-state index contributed by atoms with van der Waals surface area (Å²) in [7, 11) is 2.75. The number of rotatable bonds is 2. The molecule has 1 aromatic heterocycles. The van der Waals surface area contributed by atoms with Crippen molar-refractivity contribution < 1.29 is 19.1 Å². The molecule has 2 fully saturated rings. The molecule has 2 aliphatic rings. The van der Waals surface area contributed by atoms with Crippen LogP contribution in [-0.4, -0.2) is 42.4 Å². The van der Waals surface area contributed by atoms with Gasteiger partial charge in [-0.15, -0.1) is 11.3 Å². The maximum absolute atomic E-state index is 12.4. The van der Waals surface area contributed by atoms with E-state index in [-0.39, 0.29) is 17.9 Å². The Morgan fingerprint density at radius 3 is 2.71 bits per heavy atom. The Morgan fingerprint density at radius 2 is 2.14 bits per heavy atom. The summed E-state index contributed by atoms with van der Waals surface area (Å²) in [5.41, 5.74) is -1.19. The van der Waals surface area contributed by atoms with Crippen LogP contribution in [0.15, 0.2) is 17.5 Å². The molecule has 6 nitrogen and oxygen atoms in total. The summed E-state index contributed by atoms with van der Waals surface area (Å²) in [6.45, 7) is 1.63. The molecule has 2 saturated heterocycles. The molecule has 2 aliphatic heterocycles. The summed E-state index contributed by atoms with van der Waals surface area (Å²) in [5, 5.41) is 5.08. The van der Waals surface area contributed by atoms with Crippen LogP contribution in [-0.2, 0) is 19.1 Å². The Labute approximate surface area is 126 Å². The SMILES string of the molecule is COC(=O)[C@@]1(C)N[C@@H](c2cccs2)[C@H]2C(=O)N(C)C(=O)[C@@H]21. The van der Waals surface area contributed by atoms with E-state index in [0.29, 0.717) is 0 Å². The zero-order valence-electron chi connectivity index (χ0n) is 12.0. The van der Waals surface area contributed by atoms with Gasteiger partial charge in [-0.05, 0) is 18.4 Å². The fourth-order valence-corrected chi connectivity index (χ4v) is 4.22. The number of thiophene rings is 1. The third-order valence-corrected chi connectivity index (χ3v) is 5.42. The van der Waals surface area contributed by atoms with Crippen LogP contribution in [0, 0.1) is 11.8 Å². The number of nitrogens with one attached hydrogen (secondary N) is 1. The van der Waals surface area contributed by atoms with Crippen molar-refractivity contribution in [1.82, 2.24) is 10.2 Å². The molecule has 3 rings (SSSR count). The van der Waals surface area contributed by atoms with Gasteiger partial charge in [0, 0.05) is 11.9 Å². The van der Waals surface area contributed by atoms with Gasteiger partial charge in [0.1, 0.15) is 5.54 Å². The number of imide groups is 1. The molecule has 2 amide bonds. The predicted molar refractivity (Wildman–Crippen MR) is 75.4 cm³/mol. The first kappa shape index (κ1) is 14.2. The molecule has 0 unspecified atom stereocenters. The summed E-state index contributed by atoms with van der Waals surface area (Å²) in [4.78, 5) is 39.1. The van der Waals surface area contributed by atoms with Crippen molar-refractivity contribution in [3.63, 3.8) is 0 Å². The predicted octanol–water partition coefficient (Wildman–Crippen LogP) is 0.555. The van der Waals surface area contributed by atoms with E-state index < -0.39 is 23.3 Å². The number of nitrogens with zero attached hydrogens (tertiary/aromatic N) is 1. The first-order valence-electron chi connectivity index (χ1n) is 6.62. The summed E-state index contributed by atoms with van der Waals surface area (Å²) in [5.74, 6) is -2.39. The number of ether oxygens (including phenoxy) is 1. The lowest BCUT2D eigenvalue weighted by atomic mass is 9.81. The number of fused-ring (bicyclic) bond motifs is 1. The zero-order valence-corrected chi connectivity index (χ0v) is 12.8. The molecule has 21 heavy (non-hydrogen) atoms.